The highest BCUT2D eigenvalue weighted by molar-refractivity contribution is 5.22. The first kappa shape index (κ1) is 9.48. The van der Waals surface area contributed by atoms with Crippen LogP contribution in [0.15, 0.2) is 23.3 Å². The van der Waals surface area contributed by atoms with E-state index in [1.54, 1.807) is 0 Å². The summed E-state index contributed by atoms with van der Waals surface area (Å²) in [5, 5.41) is 0. The molecule has 0 fully saturated rings. The largest absolute Gasteiger partial charge is 0.0790 e. The number of rotatable bonds is 2. The minimum absolute atomic E-state index is 0.635. The van der Waals surface area contributed by atoms with Gasteiger partial charge in [0.15, 0.2) is 0 Å². The molecular weight excluding hydrogens is 120 g/mol. The van der Waals surface area contributed by atoms with Crippen molar-refractivity contribution in [2.45, 2.75) is 27.7 Å². The van der Waals surface area contributed by atoms with Crippen LogP contribution in [0.5, 0.6) is 0 Å². The van der Waals surface area contributed by atoms with Crippen LogP contribution in [-0.4, -0.2) is 0 Å². The molecule has 0 aromatic carbocycles. The predicted octanol–water partition coefficient (Wildman–Crippen LogP) is 3.37. The quantitative estimate of drug-likeness (QED) is 0.512. The van der Waals surface area contributed by atoms with Gasteiger partial charge in [0.2, 0.25) is 0 Å². The van der Waals surface area contributed by atoms with Gasteiger partial charge in [-0.05, 0) is 26.7 Å². The standard InChI is InChI=1S/C10H17/c1-8(2)6-10(5)7-9(3)4/h6-7,9H,1H2,2-5H3/b8-6-,10-7+. The summed E-state index contributed by atoms with van der Waals surface area (Å²) in [6.45, 7) is 12.3. The molecule has 0 nitrogen and oxygen atoms in total. The first-order chi connectivity index (χ1) is 4.52. The van der Waals surface area contributed by atoms with Crippen LogP contribution in [0.3, 0.4) is 0 Å². The van der Waals surface area contributed by atoms with Crippen molar-refractivity contribution in [3.05, 3.63) is 30.2 Å². The van der Waals surface area contributed by atoms with E-state index in [0.29, 0.717) is 5.92 Å². The average Bonchev–Trinajstić information content (AvgIpc) is 1.58. The van der Waals surface area contributed by atoms with Crippen LogP contribution in [0.2, 0.25) is 0 Å². The van der Waals surface area contributed by atoms with Crippen molar-refractivity contribution >= 4 is 0 Å². The molecule has 0 aliphatic carbocycles. The lowest BCUT2D eigenvalue weighted by molar-refractivity contribution is 0.825. The van der Waals surface area contributed by atoms with Gasteiger partial charge >= 0.3 is 0 Å². The van der Waals surface area contributed by atoms with E-state index in [-0.39, 0.29) is 0 Å². The fourth-order valence-electron chi connectivity index (χ4n) is 0.963. The van der Waals surface area contributed by atoms with E-state index in [1.807, 2.05) is 6.92 Å². The Balaban J connectivity index is 4.08. The van der Waals surface area contributed by atoms with Crippen LogP contribution in [0.25, 0.3) is 0 Å². The molecule has 0 N–H and O–H groups in total. The molecule has 0 amide bonds. The van der Waals surface area contributed by atoms with Crippen LogP contribution in [0.1, 0.15) is 27.7 Å². The fourth-order valence-corrected chi connectivity index (χ4v) is 0.963. The molecule has 0 atom stereocenters. The molecule has 0 heteroatoms. The topological polar surface area (TPSA) is 0 Å². The molecular formula is C10H17. The molecule has 0 saturated carbocycles. The van der Waals surface area contributed by atoms with Gasteiger partial charge < -0.3 is 0 Å². The molecule has 0 heterocycles. The molecule has 0 rings (SSSR count). The van der Waals surface area contributed by atoms with E-state index in [2.05, 4.69) is 39.8 Å². The summed E-state index contributed by atoms with van der Waals surface area (Å²) in [5.41, 5.74) is 2.43. The smallest absolute Gasteiger partial charge is 0.0282 e. The second-order valence-electron chi connectivity index (χ2n) is 3.15. The first-order valence-electron chi connectivity index (χ1n) is 3.71. The van der Waals surface area contributed by atoms with E-state index >= 15 is 0 Å². The molecule has 10 heavy (non-hydrogen) atoms. The number of hydrogen-bond acceptors (Lipinski definition) is 0. The van der Waals surface area contributed by atoms with Gasteiger partial charge in [0, 0.05) is 0 Å². The first-order valence-corrected chi connectivity index (χ1v) is 3.71. The lowest BCUT2D eigenvalue weighted by Crippen LogP contribution is -1.80. The molecule has 0 aliphatic heterocycles. The molecule has 0 aliphatic rings. The summed E-state index contributed by atoms with van der Waals surface area (Å²) >= 11 is 0. The number of allylic oxidation sites excluding steroid dienone is 4. The van der Waals surface area contributed by atoms with Crippen molar-refractivity contribution in [3.63, 3.8) is 0 Å². The Bertz CT molecular complexity index is 143. The second kappa shape index (κ2) is 4.32. The second-order valence-corrected chi connectivity index (χ2v) is 3.15. The van der Waals surface area contributed by atoms with Crippen molar-refractivity contribution in [2.24, 2.45) is 5.92 Å². The zero-order valence-electron chi connectivity index (χ0n) is 7.44. The minimum atomic E-state index is 0.635. The highest BCUT2D eigenvalue weighted by Crippen LogP contribution is 2.04. The van der Waals surface area contributed by atoms with E-state index in [4.69, 9.17) is 0 Å². The Morgan fingerprint density at radius 1 is 1.30 bits per heavy atom. The summed E-state index contributed by atoms with van der Waals surface area (Å²) in [4.78, 5) is 0. The van der Waals surface area contributed by atoms with Gasteiger partial charge in [-0.15, -0.1) is 0 Å². The van der Waals surface area contributed by atoms with Gasteiger partial charge in [-0.1, -0.05) is 37.1 Å². The fraction of sp³-hybridized carbons (Fsp3) is 0.500. The molecule has 0 saturated heterocycles. The average molecular weight is 137 g/mol. The van der Waals surface area contributed by atoms with Gasteiger partial charge in [-0.2, -0.15) is 0 Å². The zero-order valence-corrected chi connectivity index (χ0v) is 7.44. The Hall–Kier alpha value is -0.520. The zero-order chi connectivity index (χ0) is 8.15. The third-order valence-electron chi connectivity index (χ3n) is 1.07. The molecule has 1 radical (unpaired) electrons. The molecule has 0 spiro atoms. The highest BCUT2D eigenvalue weighted by atomic mass is 13.9. The van der Waals surface area contributed by atoms with Crippen LogP contribution in [-0.2, 0) is 0 Å². The Kier molecular flexibility index (Phi) is 4.10. The Morgan fingerprint density at radius 3 is 2.10 bits per heavy atom. The lowest BCUT2D eigenvalue weighted by atomic mass is 10.1. The van der Waals surface area contributed by atoms with Gasteiger partial charge in [0.1, 0.15) is 0 Å². The summed E-state index contributed by atoms with van der Waals surface area (Å²) in [5.74, 6) is 0.635. The highest BCUT2D eigenvalue weighted by Gasteiger charge is 1.87. The maximum Gasteiger partial charge on any atom is -0.0282 e. The van der Waals surface area contributed by atoms with E-state index in [0.717, 1.165) is 5.57 Å². The Labute approximate surface area is 64.6 Å². The predicted molar refractivity (Wildman–Crippen MR) is 47.7 cm³/mol. The lowest BCUT2D eigenvalue weighted by Gasteiger charge is -1.97. The maximum absolute atomic E-state index is 3.81. The van der Waals surface area contributed by atoms with Gasteiger partial charge in [-0.3, -0.25) is 0 Å². The minimum Gasteiger partial charge on any atom is -0.0790 e. The molecule has 57 valence electrons. The van der Waals surface area contributed by atoms with Crippen molar-refractivity contribution in [1.82, 2.24) is 0 Å². The summed E-state index contributed by atoms with van der Waals surface area (Å²) in [7, 11) is 0. The van der Waals surface area contributed by atoms with Crippen molar-refractivity contribution in [2.75, 3.05) is 0 Å². The summed E-state index contributed by atoms with van der Waals surface area (Å²) < 4.78 is 0. The number of hydrogen-bond donors (Lipinski definition) is 0. The third kappa shape index (κ3) is 5.61. The van der Waals surface area contributed by atoms with E-state index < -0.39 is 0 Å². The normalized spacial score (nSPS) is 14.6. The summed E-state index contributed by atoms with van der Waals surface area (Å²) in [6.07, 6.45) is 4.33. The maximum atomic E-state index is 3.81. The SMILES string of the molecule is [CH2]/C(C)=C/C(C)=C/C(C)C. The van der Waals surface area contributed by atoms with Crippen molar-refractivity contribution in [1.29, 1.82) is 0 Å². The van der Waals surface area contributed by atoms with Crippen molar-refractivity contribution < 1.29 is 0 Å². The molecule has 0 unspecified atom stereocenters. The van der Waals surface area contributed by atoms with Gasteiger partial charge in [-0.25, -0.2) is 0 Å². The molecule has 0 aromatic rings. The van der Waals surface area contributed by atoms with Crippen LogP contribution in [0, 0.1) is 12.8 Å². The van der Waals surface area contributed by atoms with Crippen LogP contribution in [0.4, 0.5) is 0 Å². The van der Waals surface area contributed by atoms with Crippen molar-refractivity contribution in [3.8, 4) is 0 Å². The van der Waals surface area contributed by atoms with E-state index in [1.165, 1.54) is 5.57 Å². The van der Waals surface area contributed by atoms with Gasteiger partial charge in [0.25, 0.3) is 0 Å². The monoisotopic (exact) mass is 137 g/mol. The summed E-state index contributed by atoms with van der Waals surface area (Å²) in [6, 6.07) is 0. The molecule has 0 bridgehead atoms. The van der Waals surface area contributed by atoms with Gasteiger partial charge in [0.05, 0.1) is 0 Å². The third-order valence-corrected chi connectivity index (χ3v) is 1.07. The van der Waals surface area contributed by atoms with Crippen LogP contribution >= 0.6 is 0 Å². The van der Waals surface area contributed by atoms with Crippen LogP contribution < -0.4 is 0 Å². The van der Waals surface area contributed by atoms with E-state index in [9.17, 15) is 0 Å². The Morgan fingerprint density at radius 2 is 1.80 bits per heavy atom. The molecule has 0 aromatic heterocycles.